The predicted molar refractivity (Wildman–Crippen MR) is 128 cm³/mol. The minimum absolute atomic E-state index is 0. The van der Waals surface area contributed by atoms with Gasteiger partial charge in [-0.05, 0) is 30.2 Å². The van der Waals surface area contributed by atoms with E-state index in [1.165, 1.54) is 17.2 Å². The van der Waals surface area contributed by atoms with E-state index in [-0.39, 0.29) is 43.0 Å². The molecule has 0 spiro atoms. The van der Waals surface area contributed by atoms with Gasteiger partial charge in [-0.15, -0.1) is 35.0 Å². The third kappa shape index (κ3) is 4.63. The highest BCUT2D eigenvalue weighted by Gasteiger charge is 2.46. The van der Waals surface area contributed by atoms with E-state index in [1.807, 2.05) is 18.2 Å². The van der Waals surface area contributed by atoms with Crippen LogP contribution in [0.15, 0.2) is 48.7 Å². The van der Waals surface area contributed by atoms with Crippen molar-refractivity contribution in [3.05, 3.63) is 54.2 Å². The summed E-state index contributed by atoms with van der Waals surface area (Å²) in [6.07, 6.45) is -2.46. The van der Waals surface area contributed by atoms with Crippen LogP contribution < -0.4 is 10.5 Å². The van der Waals surface area contributed by atoms with Crippen molar-refractivity contribution in [2.45, 2.75) is 24.7 Å². The van der Waals surface area contributed by atoms with Crippen LogP contribution in [0.1, 0.15) is 18.0 Å². The first-order chi connectivity index (χ1) is 15.3. The van der Waals surface area contributed by atoms with Crippen LogP contribution in [0.5, 0.6) is 5.75 Å². The van der Waals surface area contributed by atoms with Crippen molar-refractivity contribution in [2.75, 3.05) is 20.2 Å². The maximum Gasteiger partial charge on any atom is 0.408 e. The van der Waals surface area contributed by atoms with Gasteiger partial charge in [0.2, 0.25) is 0 Å². The Morgan fingerprint density at radius 2 is 1.88 bits per heavy atom. The largest absolute Gasteiger partial charge is 0.494 e. The number of benzene rings is 1. The highest BCUT2D eigenvalue weighted by atomic mass is 35.5. The first-order valence-electron chi connectivity index (χ1n) is 10.2. The third-order valence-corrected chi connectivity index (χ3v) is 5.80. The van der Waals surface area contributed by atoms with Crippen LogP contribution in [0, 0.1) is 0 Å². The molecule has 7 nitrogen and oxygen atoms in total. The Hall–Kier alpha value is -2.66. The predicted octanol–water partition coefficient (Wildman–Crippen LogP) is 4.43. The van der Waals surface area contributed by atoms with Crippen molar-refractivity contribution in [3.63, 3.8) is 0 Å². The van der Waals surface area contributed by atoms with Crippen LogP contribution in [0.3, 0.4) is 0 Å². The van der Waals surface area contributed by atoms with Crippen LogP contribution >= 0.6 is 24.8 Å². The number of fused-ring (bicyclic) bond motifs is 2. The van der Waals surface area contributed by atoms with Gasteiger partial charge >= 0.3 is 6.18 Å². The van der Waals surface area contributed by atoms with E-state index in [9.17, 15) is 13.2 Å². The second kappa shape index (κ2) is 9.91. The minimum Gasteiger partial charge on any atom is -0.494 e. The van der Waals surface area contributed by atoms with Crippen molar-refractivity contribution in [1.82, 2.24) is 24.5 Å². The molecular weight excluding hydrogens is 492 g/mol. The average Bonchev–Trinajstić information content (AvgIpc) is 3.38. The van der Waals surface area contributed by atoms with Crippen LogP contribution in [-0.4, -0.2) is 56.9 Å². The second-order valence-corrected chi connectivity index (χ2v) is 7.93. The molecule has 0 saturated carbocycles. The van der Waals surface area contributed by atoms with E-state index in [1.54, 1.807) is 29.7 Å². The van der Waals surface area contributed by atoms with E-state index in [0.717, 1.165) is 5.39 Å². The molecule has 1 fully saturated rings. The number of rotatable bonds is 4. The maximum absolute atomic E-state index is 14.0. The van der Waals surface area contributed by atoms with E-state index in [2.05, 4.69) is 15.2 Å². The zero-order valence-corrected chi connectivity index (χ0v) is 19.7. The quantitative estimate of drug-likeness (QED) is 0.433. The second-order valence-electron chi connectivity index (χ2n) is 7.93. The molecule has 1 saturated heterocycles. The molecule has 1 aliphatic heterocycles. The van der Waals surface area contributed by atoms with Gasteiger partial charge in [0.25, 0.3) is 0 Å². The van der Waals surface area contributed by atoms with Gasteiger partial charge in [0, 0.05) is 30.7 Å². The lowest BCUT2D eigenvalue weighted by atomic mass is 10.1. The molecule has 1 aromatic carbocycles. The fourth-order valence-corrected chi connectivity index (χ4v) is 4.31. The van der Waals surface area contributed by atoms with Gasteiger partial charge in [0.1, 0.15) is 23.0 Å². The summed E-state index contributed by atoms with van der Waals surface area (Å²) in [5, 5.41) is 9.19. The Bertz CT molecular complexity index is 1300. The van der Waals surface area contributed by atoms with Crippen molar-refractivity contribution in [3.8, 4) is 17.3 Å². The molecule has 5 rings (SSSR count). The van der Waals surface area contributed by atoms with Crippen molar-refractivity contribution >= 4 is 41.4 Å². The molecule has 4 heterocycles. The number of alkyl halides is 3. The zero-order chi connectivity index (χ0) is 22.5. The van der Waals surface area contributed by atoms with E-state index < -0.39 is 12.2 Å². The molecule has 0 amide bonds. The van der Waals surface area contributed by atoms with Crippen molar-refractivity contribution in [2.24, 2.45) is 5.73 Å². The number of para-hydroxylation sites is 1. The van der Waals surface area contributed by atoms with E-state index in [0.29, 0.717) is 41.4 Å². The number of halogens is 5. The van der Waals surface area contributed by atoms with Gasteiger partial charge in [-0.3, -0.25) is 9.30 Å². The van der Waals surface area contributed by atoms with Crippen LogP contribution in [0.4, 0.5) is 13.2 Å². The van der Waals surface area contributed by atoms with E-state index >= 15 is 0 Å². The fraction of sp³-hybridized carbons (Fsp3) is 0.318. The summed E-state index contributed by atoms with van der Waals surface area (Å²) in [6.45, 7) is 0.494. The normalized spacial score (nSPS) is 17.4. The molecule has 182 valence electrons. The van der Waals surface area contributed by atoms with Crippen molar-refractivity contribution in [1.29, 1.82) is 0 Å². The number of methoxy groups -OCH3 is 1. The van der Waals surface area contributed by atoms with Gasteiger partial charge in [0.15, 0.2) is 11.5 Å². The van der Waals surface area contributed by atoms with Crippen LogP contribution in [-0.2, 0) is 0 Å². The monoisotopic (exact) mass is 514 g/mol. The molecule has 3 aromatic heterocycles. The first-order valence-corrected chi connectivity index (χ1v) is 10.2. The molecule has 0 radical (unpaired) electrons. The summed E-state index contributed by atoms with van der Waals surface area (Å²) in [4.78, 5) is 6.04. The molecule has 34 heavy (non-hydrogen) atoms. The molecule has 0 bridgehead atoms. The smallest absolute Gasteiger partial charge is 0.408 e. The number of hydrogen-bond donors (Lipinski definition) is 1. The average molecular weight is 515 g/mol. The minimum atomic E-state index is -4.44. The molecule has 1 unspecified atom stereocenters. The summed E-state index contributed by atoms with van der Waals surface area (Å²) in [6, 6.07) is 10.2. The van der Waals surface area contributed by atoms with Crippen LogP contribution in [0.25, 0.3) is 28.1 Å². The standard InChI is InChI=1S/C22H21F3N6O.2ClH/c1-32-17-4-2-3-13-5-7-16(27-19(13)17)21-29-28-18-8-6-14(11-31(18)21)20(22(23,24)25)30-10-9-15(26)12-30;;/h2-8,11,15,20H,9-10,12,26H2,1H3;2*1H/t15?,20-;;/m1../s1. The Kier molecular flexibility index (Phi) is 7.56. The van der Waals surface area contributed by atoms with Gasteiger partial charge in [-0.25, -0.2) is 4.98 Å². The number of likely N-dealkylation sites (tertiary alicyclic amines) is 1. The Morgan fingerprint density at radius 1 is 1.09 bits per heavy atom. The number of hydrogen-bond acceptors (Lipinski definition) is 6. The van der Waals surface area contributed by atoms with Gasteiger partial charge in [-0.2, -0.15) is 13.2 Å². The lowest BCUT2D eigenvalue weighted by Crippen LogP contribution is -2.38. The topological polar surface area (TPSA) is 81.6 Å². The molecule has 4 aromatic rings. The van der Waals surface area contributed by atoms with E-state index in [4.69, 9.17) is 10.5 Å². The number of aromatic nitrogens is 4. The van der Waals surface area contributed by atoms with Crippen LogP contribution in [0.2, 0.25) is 0 Å². The summed E-state index contributed by atoms with van der Waals surface area (Å²) in [7, 11) is 1.56. The molecule has 2 N–H and O–H groups in total. The third-order valence-electron chi connectivity index (χ3n) is 5.80. The number of nitrogens with two attached hydrogens (primary N) is 1. The number of pyridine rings is 2. The molecular formula is C22H23Cl2F3N6O. The Morgan fingerprint density at radius 3 is 2.56 bits per heavy atom. The molecule has 0 aliphatic carbocycles. The summed E-state index contributed by atoms with van der Waals surface area (Å²) in [5.74, 6) is 0.954. The Balaban J connectivity index is 0.00000162. The zero-order valence-electron chi connectivity index (χ0n) is 18.1. The lowest BCUT2D eigenvalue weighted by molar-refractivity contribution is -0.183. The Labute approximate surface area is 205 Å². The molecule has 2 atom stereocenters. The molecule has 12 heteroatoms. The summed E-state index contributed by atoms with van der Waals surface area (Å²) < 4.78 is 49.1. The lowest BCUT2D eigenvalue weighted by Gasteiger charge is -2.30. The van der Waals surface area contributed by atoms with Crippen molar-refractivity contribution < 1.29 is 17.9 Å². The highest BCUT2D eigenvalue weighted by molar-refractivity contribution is 5.86. The van der Waals surface area contributed by atoms with Gasteiger partial charge in [0.05, 0.1) is 7.11 Å². The maximum atomic E-state index is 14.0. The SMILES string of the molecule is COc1cccc2ccc(-c3nnc4ccc([C@@H](N5CCC(N)C5)C(F)(F)F)cn34)nc12.Cl.Cl. The fourth-order valence-electron chi connectivity index (χ4n) is 4.31. The van der Waals surface area contributed by atoms with Gasteiger partial charge < -0.3 is 10.5 Å². The summed E-state index contributed by atoms with van der Waals surface area (Å²) in [5.41, 5.74) is 7.54. The first kappa shape index (κ1) is 26.0. The summed E-state index contributed by atoms with van der Waals surface area (Å²) >= 11 is 0. The highest BCUT2D eigenvalue weighted by Crippen LogP contribution is 2.39. The molecule has 1 aliphatic rings. The van der Waals surface area contributed by atoms with Gasteiger partial charge in [-0.1, -0.05) is 24.3 Å². The number of nitrogens with zero attached hydrogens (tertiary/aromatic N) is 5. The number of ether oxygens (including phenoxy) is 1.